The van der Waals surface area contributed by atoms with E-state index in [4.69, 9.17) is 9.47 Å². The maximum absolute atomic E-state index is 11.9. The highest BCUT2D eigenvalue weighted by atomic mass is 32.2. The van der Waals surface area contributed by atoms with Crippen LogP contribution in [0.5, 0.6) is 5.19 Å². The minimum absolute atomic E-state index is 0.106. The number of aromatic nitrogens is 1. The maximum atomic E-state index is 11.9. The lowest BCUT2D eigenvalue weighted by atomic mass is 9.98. The van der Waals surface area contributed by atoms with Gasteiger partial charge in [0.15, 0.2) is 9.84 Å². The van der Waals surface area contributed by atoms with Gasteiger partial charge in [0.1, 0.15) is 0 Å². The number of rotatable bonds is 6. The number of nitrogens with zero attached hydrogens (tertiary/aromatic N) is 2. The van der Waals surface area contributed by atoms with Crippen LogP contribution < -0.4 is 4.74 Å². The van der Waals surface area contributed by atoms with Crippen LogP contribution in [0, 0.1) is 5.92 Å². The zero-order valence-electron chi connectivity index (χ0n) is 16.8. The molecule has 0 spiro atoms. The van der Waals surface area contributed by atoms with Gasteiger partial charge in [0.2, 0.25) is 0 Å². The lowest BCUT2D eigenvalue weighted by molar-refractivity contribution is 0.0608. The quantitative estimate of drug-likeness (QED) is 0.681. The molecule has 29 heavy (non-hydrogen) atoms. The molecule has 0 unspecified atom stereocenters. The average molecular weight is 439 g/mol. The zero-order chi connectivity index (χ0) is 21.0. The largest absolute Gasteiger partial charge is 0.470 e. The van der Waals surface area contributed by atoms with Crippen molar-refractivity contribution >= 4 is 27.3 Å². The van der Waals surface area contributed by atoms with Gasteiger partial charge in [-0.05, 0) is 50.3 Å². The normalized spacial score (nSPS) is 15.5. The first-order chi connectivity index (χ1) is 13.7. The number of likely N-dealkylation sites (tertiary alicyclic amines) is 1. The molecule has 2 heterocycles. The van der Waals surface area contributed by atoms with E-state index in [1.54, 1.807) is 35.4 Å². The fourth-order valence-corrected chi connectivity index (χ4v) is 4.48. The van der Waals surface area contributed by atoms with Crippen LogP contribution in [-0.4, -0.2) is 56.5 Å². The number of thiazole rings is 1. The molecule has 1 aliphatic heterocycles. The Hall–Kier alpha value is -2.13. The van der Waals surface area contributed by atoms with E-state index in [1.807, 2.05) is 13.8 Å². The summed E-state index contributed by atoms with van der Waals surface area (Å²) >= 11 is 1.43. The van der Waals surface area contributed by atoms with Crippen LogP contribution in [-0.2, 0) is 14.6 Å². The van der Waals surface area contributed by atoms with Crippen LogP contribution in [0.1, 0.15) is 26.7 Å². The molecule has 9 heteroatoms. The lowest BCUT2D eigenvalue weighted by Crippen LogP contribution is -2.40. The van der Waals surface area contributed by atoms with Crippen molar-refractivity contribution in [2.75, 3.05) is 26.0 Å². The third kappa shape index (κ3) is 5.93. The second-order valence-electron chi connectivity index (χ2n) is 7.46. The average Bonchev–Trinajstić information content (AvgIpc) is 3.15. The van der Waals surface area contributed by atoms with Gasteiger partial charge in [-0.1, -0.05) is 23.5 Å². The van der Waals surface area contributed by atoms with Gasteiger partial charge >= 0.3 is 6.09 Å². The minimum atomic E-state index is -3.20. The van der Waals surface area contributed by atoms with E-state index in [0.717, 1.165) is 23.3 Å². The number of amides is 1. The van der Waals surface area contributed by atoms with Gasteiger partial charge in [-0.25, -0.2) is 18.2 Å². The highest BCUT2D eigenvalue weighted by molar-refractivity contribution is 7.90. The van der Waals surface area contributed by atoms with Gasteiger partial charge < -0.3 is 14.4 Å². The zero-order valence-corrected chi connectivity index (χ0v) is 18.5. The van der Waals surface area contributed by atoms with Crippen molar-refractivity contribution in [3.8, 4) is 15.6 Å². The molecule has 3 rings (SSSR count). The van der Waals surface area contributed by atoms with Crippen LogP contribution in [0.3, 0.4) is 0 Å². The standard InChI is InChI=1S/C20H26N2O5S2/c1-14(2)27-20(23)22-10-8-15(9-11-22)13-26-19-21-12-18(28-19)16-4-6-17(7-5-16)29(3,24)25/h4-7,12,14-15H,8-11,13H2,1-3H3. The van der Waals surface area contributed by atoms with Crippen molar-refractivity contribution in [3.63, 3.8) is 0 Å². The van der Waals surface area contributed by atoms with Gasteiger partial charge in [-0.3, -0.25) is 0 Å². The van der Waals surface area contributed by atoms with Crippen molar-refractivity contribution in [3.05, 3.63) is 30.5 Å². The molecule has 0 N–H and O–H groups in total. The Morgan fingerprint density at radius 2 is 1.90 bits per heavy atom. The van der Waals surface area contributed by atoms with Gasteiger partial charge in [0.25, 0.3) is 5.19 Å². The van der Waals surface area contributed by atoms with E-state index in [1.165, 1.54) is 17.6 Å². The van der Waals surface area contributed by atoms with Crippen molar-refractivity contribution in [1.82, 2.24) is 9.88 Å². The molecule has 1 aromatic carbocycles. The highest BCUT2D eigenvalue weighted by Gasteiger charge is 2.25. The van der Waals surface area contributed by atoms with Gasteiger partial charge in [0.05, 0.1) is 22.5 Å². The molecule has 0 saturated carbocycles. The Labute approximate surface area is 175 Å². The molecule has 0 bridgehead atoms. The summed E-state index contributed by atoms with van der Waals surface area (Å²) in [5, 5.41) is 0.592. The molecule has 1 aliphatic rings. The van der Waals surface area contributed by atoms with E-state index >= 15 is 0 Å². The van der Waals surface area contributed by atoms with Crippen LogP contribution in [0.2, 0.25) is 0 Å². The Bertz CT molecular complexity index is 930. The Balaban J connectivity index is 1.50. The number of ether oxygens (including phenoxy) is 2. The minimum Gasteiger partial charge on any atom is -0.470 e. The first kappa shape index (κ1) is 21.6. The number of sulfone groups is 1. The predicted octanol–water partition coefficient (Wildman–Crippen LogP) is 3.85. The molecule has 1 saturated heterocycles. The number of hydrogen-bond donors (Lipinski definition) is 0. The molecule has 1 amide bonds. The summed E-state index contributed by atoms with van der Waals surface area (Å²) in [7, 11) is -3.20. The van der Waals surface area contributed by atoms with Crippen molar-refractivity contribution in [2.45, 2.75) is 37.7 Å². The first-order valence-electron chi connectivity index (χ1n) is 9.57. The topological polar surface area (TPSA) is 85.8 Å². The van der Waals surface area contributed by atoms with E-state index in [-0.39, 0.29) is 12.2 Å². The van der Waals surface area contributed by atoms with E-state index in [2.05, 4.69) is 4.98 Å². The van der Waals surface area contributed by atoms with Crippen LogP contribution >= 0.6 is 11.3 Å². The molecule has 0 atom stereocenters. The van der Waals surface area contributed by atoms with Crippen LogP contribution in [0.4, 0.5) is 4.79 Å². The fraction of sp³-hybridized carbons (Fsp3) is 0.500. The molecule has 0 radical (unpaired) electrons. The Morgan fingerprint density at radius 3 is 2.48 bits per heavy atom. The number of benzene rings is 1. The molecule has 7 nitrogen and oxygen atoms in total. The molecule has 0 aliphatic carbocycles. The number of piperidine rings is 1. The third-order valence-electron chi connectivity index (χ3n) is 4.70. The Kier molecular flexibility index (Phi) is 6.79. The summed E-state index contributed by atoms with van der Waals surface area (Å²) in [5.41, 5.74) is 0.904. The molecular formula is C20H26N2O5S2. The first-order valence-corrected chi connectivity index (χ1v) is 12.3. The summed E-state index contributed by atoms with van der Waals surface area (Å²) in [6.07, 6.45) is 4.32. The third-order valence-corrected chi connectivity index (χ3v) is 6.79. The predicted molar refractivity (Wildman–Crippen MR) is 112 cm³/mol. The Morgan fingerprint density at radius 1 is 1.24 bits per heavy atom. The summed E-state index contributed by atoms with van der Waals surface area (Å²) in [6.45, 7) is 5.61. The summed E-state index contributed by atoms with van der Waals surface area (Å²) < 4.78 is 34.2. The summed E-state index contributed by atoms with van der Waals surface area (Å²) in [6, 6.07) is 6.76. The molecule has 1 fully saturated rings. The van der Waals surface area contributed by atoms with Crippen molar-refractivity contribution in [1.29, 1.82) is 0 Å². The SMILES string of the molecule is CC(C)OC(=O)N1CCC(COc2ncc(-c3ccc(S(C)(=O)=O)cc3)s2)CC1. The second kappa shape index (κ2) is 9.13. The number of carbonyl (C=O) groups excluding carboxylic acids is 1. The van der Waals surface area contributed by atoms with E-state index in [0.29, 0.717) is 35.7 Å². The maximum Gasteiger partial charge on any atom is 0.410 e. The summed E-state index contributed by atoms with van der Waals surface area (Å²) in [4.78, 5) is 19.2. The summed E-state index contributed by atoms with van der Waals surface area (Å²) in [5.74, 6) is 0.375. The van der Waals surface area contributed by atoms with Crippen molar-refractivity contribution < 1.29 is 22.7 Å². The molecule has 2 aromatic rings. The van der Waals surface area contributed by atoms with E-state index in [9.17, 15) is 13.2 Å². The lowest BCUT2D eigenvalue weighted by Gasteiger charge is -2.31. The molecule has 1 aromatic heterocycles. The van der Waals surface area contributed by atoms with E-state index < -0.39 is 9.84 Å². The highest BCUT2D eigenvalue weighted by Crippen LogP contribution is 2.31. The van der Waals surface area contributed by atoms with Gasteiger partial charge in [0, 0.05) is 25.5 Å². The van der Waals surface area contributed by atoms with Crippen molar-refractivity contribution in [2.24, 2.45) is 5.92 Å². The second-order valence-corrected chi connectivity index (χ2v) is 10.5. The fourth-order valence-electron chi connectivity index (χ4n) is 3.07. The van der Waals surface area contributed by atoms with Gasteiger partial charge in [-0.2, -0.15) is 0 Å². The van der Waals surface area contributed by atoms with Gasteiger partial charge in [-0.15, -0.1) is 0 Å². The van der Waals surface area contributed by atoms with Crippen LogP contribution in [0.25, 0.3) is 10.4 Å². The molecule has 158 valence electrons. The smallest absolute Gasteiger partial charge is 0.410 e. The monoisotopic (exact) mass is 438 g/mol. The van der Waals surface area contributed by atoms with Crippen LogP contribution in [0.15, 0.2) is 35.4 Å². The number of hydrogen-bond acceptors (Lipinski definition) is 7. The molecular weight excluding hydrogens is 412 g/mol. The number of carbonyl (C=O) groups is 1.